The highest BCUT2D eigenvalue weighted by molar-refractivity contribution is 5.73. The van der Waals surface area contributed by atoms with E-state index in [1.807, 2.05) is 41.7 Å². The molecule has 12 atom stereocenters. The van der Waals surface area contributed by atoms with Crippen LogP contribution in [0.2, 0.25) is 0 Å². The predicted molar refractivity (Wildman–Crippen MR) is 152 cm³/mol. The molecule has 1 saturated heterocycles. The van der Waals surface area contributed by atoms with E-state index in [0.717, 1.165) is 25.8 Å². The van der Waals surface area contributed by atoms with Crippen molar-refractivity contribution in [3.63, 3.8) is 0 Å². The highest BCUT2D eigenvalue weighted by Gasteiger charge is 2.42. The van der Waals surface area contributed by atoms with Crippen LogP contribution in [-0.4, -0.2) is 83.4 Å². The number of aliphatic hydroxyl groups is 2. The van der Waals surface area contributed by atoms with E-state index < -0.39 is 23.7 Å². The van der Waals surface area contributed by atoms with Crippen molar-refractivity contribution in [3.8, 4) is 0 Å². The van der Waals surface area contributed by atoms with E-state index in [0.29, 0.717) is 25.2 Å². The first-order valence-electron chi connectivity index (χ1n) is 15.0. The molecular formula is C31H59NO6. The molecule has 1 heterocycles. The molecule has 0 aromatic carbocycles. The Labute approximate surface area is 233 Å². The van der Waals surface area contributed by atoms with E-state index in [9.17, 15) is 15.0 Å². The summed E-state index contributed by atoms with van der Waals surface area (Å²) in [4.78, 5) is 15.8. The third-order valence-electron chi connectivity index (χ3n) is 9.51. The average Bonchev–Trinajstić information content (AvgIpc) is 2.81. The molecule has 0 amide bonds. The molecule has 0 bridgehead atoms. The van der Waals surface area contributed by atoms with Crippen molar-refractivity contribution in [3.05, 3.63) is 0 Å². The van der Waals surface area contributed by atoms with Gasteiger partial charge in [0.25, 0.3) is 0 Å². The molecule has 0 spiro atoms. The Morgan fingerprint density at radius 2 is 1.66 bits per heavy atom. The molecule has 2 fully saturated rings. The van der Waals surface area contributed by atoms with Gasteiger partial charge >= 0.3 is 5.97 Å². The van der Waals surface area contributed by atoms with Crippen molar-refractivity contribution < 1.29 is 29.2 Å². The predicted octanol–water partition coefficient (Wildman–Crippen LogP) is 5.06. The maximum atomic E-state index is 13.6. The van der Waals surface area contributed by atoms with E-state index >= 15 is 0 Å². The van der Waals surface area contributed by atoms with Gasteiger partial charge in [0.1, 0.15) is 6.10 Å². The summed E-state index contributed by atoms with van der Waals surface area (Å²) < 4.78 is 18.8. The second kappa shape index (κ2) is 13.8. The van der Waals surface area contributed by atoms with Gasteiger partial charge in [-0.25, -0.2) is 0 Å². The molecule has 1 saturated carbocycles. The molecular weight excluding hydrogens is 482 g/mol. The number of carbonyl (C=O) groups is 1. The SMILES string of the molecule is CC[C@H]1OC(=O)[C@H](C)[C@@H](O[C@@H]2CC(C)C[C@](C)(OC)C2)[C@H](C)C[C@](C)(O)C[C@@H](C)CN(C)C(C)C(O)[C@H]1C. The largest absolute Gasteiger partial charge is 0.462 e. The molecule has 3 unspecified atom stereocenters. The summed E-state index contributed by atoms with van der Waals surface area (Å²) >= 11 is 0. The maximum absolute atomic E-state index is 13.6. The van der Waals surface area contributed by atoms with Crippen LogP contribution in [0.5, 0.6) is 0 Å². The standard InChI is InChI=1S/C31H59NO6/c1-12-26-22(5)27(33)24(7)32(10)18-20(3)14-30(8,35)16-21(4)28(23(6)29(34)38-26)37-25-13-19(2)15-31(9,17-25)36-11/h19-28,33,35H,12-18H2,1-11H3/t19?,20-,21-,22+,23-,24?,25-,26-,27?,28+,30-,31+/m1/s1. The van der Waals surface area contributed by atoms with Crippen LogP contribution in [0.3, 0.4) is 0 Å². The molecule has 2 aliphatic rings. The lowest BCUT2D eigenvalue weighted by molar-refractivity contribution is -0.176. The summed E-state index contributed by atoms with van der Waals surface area (Å²) in [5.41, 5.74) is -1.16. The maximum Gasteiger partial charge on any atom is 0.311 e. The average molecular weight is 542 g/mol. The minimum atomic E-state index is -0.910. The minimum Gasteiger partial charge on any atom is -0.462 e. The van der Waals surface area contributed by atoms with Crippen molar-refractivity contribution >= 4 is 5.97 Å². The molecule has 0 aromatic heterocycles. The second-order valence-corrected chi connectivity index (χ2v) is 13.8. The smallest absolute Gasteiger partial charge is 0.311 e. The Hall–Kier alpha value is -0.730. The first kappa shape index (κ1) is 33.5. The summed E-state index contributed by atoms with van der Waals surface area (Å²) in [6.07, 6.45) is 3.00. The highest BCUT2D eigenvalue weighted by atomic mass is 16.6. The van der Waals surface area contributed by atoms with Gasteiger partial charge in [0, 0.05) is 32.0 Å². The third-order valence-corrected chi connectivity index (χ3v) is 9.51. The van der Waals surface area contributed by atoms with E-state index in [1.54, 1.807) is 7.11 Å². The van der Waals surface area contributed by atoms with Gasteiger partial charge in [-0.3, -0.25) is 4.79 Å². The van der Waals surface area contributed by atoms with E-state index in [2.05, 4.69) is 32.6 Å². The van der Waals surface area contributed by atoms with Gasteiger partial charge in [-0.15, -0.1) is 0 Å². The lowest BCUT2D eigenvalue weighted by Crippen LogP contribution is -2.48. The topological polar surface area (TPSA) is 88.5 Å². The fraction of sp³-hybridized carbons (Fsp3) is 0.968. The molecule has 38 heavy (non-hydrogen) atoms. The van der Waals surface area contributed by atoms with Crippen LogP contribution in [0.15, 0.2) is 0 Å². The molecule has 1 aliphatic carbocycles. The minimum absolute atomic E-state index is 0.0328. The van der Waals surface area contributed by atoms with Crippen LogP contribution in [0.1, 0.15) is 101 Å². The van der Waals surface area contributed by atoms with Gasteiger partial charge in [-0.1, -0.05) is 34.6 Å². The van der Waals surface area contributed by atoms with Gasteiger partial charge in [-0.05, 0) is 84.6 Å². The van der Waals surface area contributed by atoms with Crippen LogP contribution in [0.4, 0.5) is 0 Å². The Kier molecular flexibility index (Phi) is 12.1. The fourth-order valence-corrected chi connectivity index (χ4v) is 7.39. The van der Waals surface area contributed by atoms with E-state index in [-0.39, 0.29) is 47.6 Å². The molecule has 0 radical (unpaired) electrons. The number of cyclic esters (lactones) is 1. The zero-order valence-corrected chi connectivity index (χ0v) is 26.2. The number of carbonyl (C=O) groups excluding carboxylic acids is 1. The van der Waals surface area contributed by atoms with Crippen molar-refractivity contribution in [2.75, 3.05) is 20.7 Å². The zero-order valence-electron chi connectivity index (χ0n) is 26.2. The van der Waals surface area contributed by atoms with E-state index in [4.69, 9.17) is 14.2 Å². The molecule has 7 heteroatoms. The number of aliphatic hydroxyl groups excluding tert-OH is 1. The van der Waals surface area contributed by atoms with Crippen LogP contribution in [0, 0.1) is 29.6 Å². The van der Waals surface area contributed by atoms with Crippen LogP contribution in [0.25, 0.3) is 0 Å². The first-order chi connectivity index (χ1) is 17.5. The summed E-state index contributed by atoms with van der Waals surface area (Å²) in [6, 6.07) is -0.105. The summed E-state index contributed by atoms with van der Waals surface area (Å²) in [6.45, 7) is 19.2. The number of esters is 1. The van der Waals surface area contributed by atoms with Gasteiger partial charge in [-0.2, -0.15) is 0 Å². The zero-order chi connectivity index (χ0) is 29.0. The lowest BCUT2D eigenvalue weighted by atomic mass is 9.77. The van der Waals surface area contributed by atoms with Gasteiger partial charge in [0.05, 0.1) is 35.4 Å². The molecule has 224 valence electrons. The number of hydrogen-bond acceptors (Lipinski definition) is 7. The van der Waals surface area contributed by atoms with Gasteiger partial charge in [0.15, 0.2) is 0 Å². The van der Waals surface area contributed by atoms with E-state index in [1.165, 1.54) is 0 Å². The quantitative estimate of drug-likeness (QED) is 0.481. The van der Waals surface area contributed by atoms with Crippen molar-refractivity contribution in [2.24, 2.45) is 29.6 Å². The van der Waals surface area contributed by atoms with Crippen LogP contribution < -0.4 is 0 Å². The third kappa shape index (κ3) is 8.89. The second-order valence-electron chi connectivity index (χ2n) is 13.8. The number of ether oxygens (including phenoxy) is 3. The highest BCUT2D eigenvalue weighted by Crippen LogP contribution is 2.39. The number of methoxy groups -OCH3 is 1. The van der Waals surface area contributed by atoms with Crippen molar-refractivity contribution in [1.29, 1.82) is 0 Å². The molecule has 2 rings (SSSR count). The summed E-state index contributed by atoms with van der Waals surface area (Å²) in [5, 5.41) is 22.7. The first-order valence-corrected chi connectivity index (χ1v) is 15.0. The molecule has 2 N–H and O–H groups in total. The van der Waals surface area contributed by atoms with Crippen molar-refractivity contribution in [2.45, 2.75) is 142 Å². The number of nitrogens with zero attached hydrogens (tertiary/aromatic N) is 1. The van der Waals surface area contributed by atoms with Crippen LogP contribution in [-0.2, 0) is 19.0 Å². The number of likely N-dealkylation sites (N-methyl/N-ethyl adjacent to an activating group) is 1. The monoisotopic (exact) mass is 541 g/mol. The van der Waals surface area contributed by atoms with Crippen molar-refractivity contribution in [1.82, 2.24) is 4.90 Å². The Morgan fingerprint density at radius 1 is 1.03 bits per heavy atom. The Balaban J connectivity index is 2.40. The normalized spacial score (nSPS) is 47.1. The number of rotatable bonds is 4. The number of hydrogen-bond donors (Lipinski definition) is 2. The Bertz CT molecular complexity index is 746. The molecule has 1 aliphatic heterocycles. The summed E-state index contributed by atoms with van der Waals surface area (Å²) in [5.74, 6) is -0.391. The fourth-order valence-electron chi connectivity index (χ4n) is 7.39. The van der Waals surface area contributed by atoms with Crippen LogP contribution >= 0.6 is 0 Å². The molecule has 7 nitrogen and oxygen atoms in total. The lowest BCUT2D eigenvalue weighted by Gasteiger charge is -2.43. The molecule has 0 aromatic rings. The van der Waals surface area contributed by atoms with Gasteiger partial charge < -0.3 is 29.3 Å². The Morgan fingerprint density at radius 3 is 2.24 bits per heavy atom. The van der Waals surface area contributed by atoms with Gasteiger partial charge in [0.2, 0.25) is 0 Å². The summed E-state index contributed by atoms with van der Waals surface area (Å²) in [7, 11) is 3.78.